The molecule has 1 aromatic heterocycles. The number of amides is 1. The second-order valence-electron chi connectivity index (χ2n) is 7.53. The molecule has 1 saturated heterocycles. The van der Waals surface area contributed by atoms with Gasteiger partial charge in [0.25, 0.3) is 0 Å². The van der Waals surface area contributed by atoms with E-state index in [-0.39, 0.29) is 5.91 Å². The second kappa shape index (κ2) is 9.17. The predicted molar refractivity (Wildman–Crippen MR) is 105 cm³/mol. The zero-order chi connectivity index (χ0) is 19.2. The molecule has 0 atom stereocenters. The van der Waals surface area contributed by atoms with Crippen molar-refractivity contribution in [2.45, 2.75) is 64.0 Å². The Morgan fingerprint density at radius 3 is 2.41 bits per heavy atom. The maximum atomic E-state index is 11.8. The number of pyridine rings is 1. The number of ether oxygens (including phenoxy) is 1. The fourth-order valence-corrected chi connectivity index (χ4v) is 4.08. The number of hydrogen-bond donors (Lipinski definition) is 2. The summed E-state index contributed by atoms with van der Waals surface area (Å²) < 4.78 is 4.75. The third-order valence-electron chi connectivity index (χ3n) is 5.47. The van der Waals surface area contributed by atoms with Crippen molar-refractivity contribution in [3.05, 3.63) is 17.8 Å². The van der Waals surface area contributed by atoms with Crippen molar-refractivity contribution in [2.24, 2.45) is 0 Å². The van der Waals surface area contributed by atoms with E-state index in [1.165, 1.54) is 52.3 Å². The summed E-state index contributed by atoms with van der Waals surface area (Å²) in [5, 5.41) is 6.63. The Morgan fingerprint density at radius 2 is 1.78 bits per heavy atom. The third kappa shape index (κ3) is 5.19. The molecule has 148 valence electrons. The molecule has 7 heteroatoms. The Bertz CT molecular complexity index is 665. The summed E-state index contributed by atoms with van der Waals surface area (Å²) in [6, 6.07) is 2.85. The smallest absolute Gasteiger partial charge is 0.339 e. The van der Waals surface area contributed by atoms with Gasteiger partial charge in [-0.3, -0.25) is 4.79 Å². The van der Waals surface area contributed by atoms with E-state index in [0.29, 0.717) is 29.2 Å². The van der Waals surface area contributed by atoms with E-state index in [9.17, 15) is 9.59 Å². The van der Waals surface area contributed by atoms with E-state index in [1.54, 1.807) is 6.07 Å². The molecule has 2 N–H and O–H groups in total. The summed E-state index contributed by atoms with van der Waals surface area (Å²) in [5.74, 6) is 0.0685. The minimum Gasteiger partial charge on any atom is -0.465 e. The highest BCUT2D eigenvalue weighted by molar-refractivity contribution is 5.96. The summed E-state index contributed by atoms with van der Waals surface area (Å²) in [4.78, 5) is 30.0. The standard InChI is InChI=1S/C20H30N4O3/c1-14(25)22-18-12-15(20(26)27-2)13-21-19(18)24-10-8-17(9-11-24)23-16-6-4-3-5-7-16/h12-13,16-17,23H,3-11H2,1-2H3,(H,22,25). The van der Waals surface area contributed by atoms with Crippen molar-refractivity contribution in [3.8, 4) is 0 Å². The lowest BCUT2D eigenvalue weighted by Crippen LogP contribution is -2.47. The molecule has 0 bridgehead atoms. The van der Waals surface area contributed by atoms with Crippen molar-refractivity contribution in [3.63, 3.8) is 0 Å². The van der Waals surface area contributed by atoms with Gasteiger partial charge in [-0.1, -0.05) is 19.3 Å². The molecule has 2 fully saturated rings. The van der Waals surface area contributed by atoms with Gasteiger partial charge in [-0.25, -0.2) is 9.78 Å². The van der Waals surface area contributed by atoms with Gasteiger partial charge in [0, 0.05) is 38.3 Å². The molecule has 3 rings (SSSR count). The fraction of sp³-hybridized carbons (Fsp3) is 0.650. The predicted octanol–water partition coefficient (Wildman–Crippen LogP) is 2.72. The van der Waals surface area contributed by atoms with Crippen LogP contribution < -0.4 is 15.5 Å². The number of methoxy groups -OCH3 is 1. The Kier molecular flexibility index (Phi) is 6.66. The highest BCUT2D eigenvalue weighted by Gasteiger charge is 2.25. The average Bonchev–Trinajstić information content (AvgIpc) is 2.68. The van der Waals surface area contributed by atoms with Crippen molar-refractivity contribution in [1.29, 1.82) is 0 Å². The molecule has 1 aromatic rings. The first-order valence-corrected chi connectivity index (χ1v) is 9.93. The quantitative estimate of drug-likeness (QED) is 0.771. The van der Waals surface area contributed by atoms with Gasteiger partial charge in [-0.05, 0) is 31.7 Å². The van der Waals surface area contributed by atoms with Gasteiger partial charge in [-0.15, -0.1) is 0 Å². The van der Waals surface area contributed by atoms with E-state index in [4.69, 9.17) is 4.74 Å². The number of carbonyl (C=O) groups is 2. The first-order chi connectivity index (χ1) is 13.1. The number of carbonyl (C=O) groups excluding carboxylic acids is 2. The lowest BCUT2D eigenvalue weighted by Gasteiger charge is -2.36. The lowest BCUT2D eigenvalue weighted by molar-refractivity contribution is -0.114. The minimum atomic E-state index is -0.462. The molecule has 0 aromatic carbocycles. The summed E-state index contributed by atoms with van der Waals surface area (Å²) in [6.07, 6.45) is 10.3. The zero-order valence-electron chi connectivity index (χ0n) is 16.3. The molecule has 1 amide bonds. The van der Waals surface area contributed by atoms with E-state index in [2.05, 4.69) is 20.5 Å². The van der Waals surface area contributed by atoms with Crippen LogP contribution in [0, 0.1) is 0 Å². The Hall–Kier alpha value is -2.15. The van der Waals surface area contributed by atoms with Gasteiger partial charge in [0.2, 0.25) is 5.91 Å². The first-order valence-electron chi connectivity index (χ1n) is 9.93. The Balaban J connectivity index is 1.65. The van der Waals surface area contributed by atoms with Crippen molar-refractivity contribution < 1.29 is 14.3 Å². The SMILES string of the molecule is COC(=O)c1cnc(N2CCC(NC3CCCCC3)CC2)c(NC(C)=O)c1. The van der Waals surface area contributed by atoms with Crippen molar-refractivity contribution in [2.75, 3.05) is 30.4 Å². The van der Waals surface area contributed by atoms with Crippen molar-refractivity contribution >= 4 is 23.4 Å². The van der Waals surface area contributed by atoms with Crippen LogP contribution in [0.25, 0.3) is 0 Å². The van der Waals surface area contributed by atoms with Crippen LogP contribution in [0.1, 0.15) is 62.2 Å². The van der Waals surface area contributed by atoms with E-state index >= 15 is 0 Å². The molecular weight excluding hydrogens is 344 g/mol. The molecule has 2 heterocycles. The molecular formula is C20H30N4O3. The molecule has 7 nitrogen and oxygen atoms in total. The molecule has 0 unspecified atom stereocenters. The van der Waals surface area contributed by atoms with Crippen LogP contribution in [0.15, 0.2) is 12.3 Å². The zero-order valence-corrected chi connectivity index (χ0v) is 16.3. The normalized spacial score (nSPS) is 19.0. The number of anilines is 2. The second-order valence-corrected chi connectivity index (χ2v) is 7.53. The molecule has 2 aliphatic rings. The van der Waals surface area contributed by atoms with Gasteiger partial charge in [-0.2, -0.15) is 0 Å². The van der Waals surface area contributed by atoms with Crippen LogP contribution in [0.4, 0.5) is 11.5 Å². The number of hydrogen-bond acceptors (Lipinski definition) is 6. The topological polar surface area (TPSA) is 83.6 Å². The minimum absolute atomic E-state index is 0.186. The number of esters is 1. The first kappa shape index (κ1) is 19.6. The summed E-state index contributed by atoms with van der Waals surface area (Å²) in [6.45, 7) is 3.21. The monoisotopic (exact) mass is 374 g/mol. The molecule has 0 radical (unpaired) electrons. The number of rotatable bonds is 5. The highest BCUT2D eigenvalue weighted by atomic mass is 16.5. The number of nitrogens with zero attached hydrogens (tertiary/aromatic N) is 2. The van der Waals surface area contributed by atoms with Crippen LogP contribution in [0.2, 0.25) is 0 Å². The third-order valence-corrected chi connectivity index (χ3v) is 5.47. The maximum Gasteiger partial charge on any atom is 0.339 e. The largest absolute Gasteiger partial charge is 0.465 e. The van der Waals surface area contributed by atoms with Crippen molar-refractivity contribution in [1.82, 2.24) is 10.3 Å². The van der Waals surface area contributed by atoms with Crippen LogP contribution in [-0.4, -0.2) is 49.1 Å². The fourth-order valence-electron chi connectivity index (χ4n) is 4.08. The van der Waals surface area contributed by atoms with Gasteiger partial charge in [0.05, 0.1) is 18.4 Å². The van der Waals surface area contributed by atoms with Gasteiger partial charge in [0.1, 0.15) is 0 Å². The number of aromatic nitrogens is 1. The van der Waals surface area contributed by atoms with E-state index < -0.39 is 5.97 Å². The summed E-state index contributed by atoms with van der Waals surface area (Å²) >= 11 is 0. The van der Waals surface area contributed by atoms with Gasteiger partial charge in [0.15, 0.2) is 5.82 Å². The van der Waals surface area contributed by atoms with Crippen LogP contribution in [-0.2, 0) is 9.53 Å². The average molecular weight is 374 g/mol. The highest BCUT2D eigenvalue weighted by Crippen LogP contribution is 2.28. The van der Waals surface area contributed by atoms with Gasteiger partial charge < -0.3 is 20.3 Å². The Labute approximate surface area is 160 Å². The molecule has 1 aliphatic heterocycles. The molecule has 1 saturated carbocycles. The summed E-state index contributed by atoms with van der Waals surface area (Å²) in [5.41, 5.74) is 0.892. The van der Waals surface area contributed by atoms with Crippen LogP contribution >= 0.6 is 0 Å². The van der Waals surface area contributed by atoms with E-state index in [1.807, 2.05) is 0 Å². The van der Waals surface area contributed by atoms with Crippen LogP contribution in [0.3, 0.4) is 0 Å². The van der Waals surface area contributed by atoms with E-state index in [0.717, 1.165) is 25.9 Å². The number of piperidine rings is 1. The summed E-state index contributed by atoms with van der Waals surface area (Å²) in [7, 11) is 1.33. The molecule has 1 aliphatic carbocycles. The lowest BCUT2D eigenvalue weighted by atomic mass is 9.93. The molecule has 0 spiro atoms. The van der Waals surface area contributed by atoms with Gasteiger partial charge >= 0.3 is 5.97 Å². The number of nitrogens with one attached hydrogen (secondary N) is 2. The van der Waals surface area contributed by atoms with Crippen LogP contribution in [0.5, 0.6) is 0 Å². The molecule has 27 heavy (non-hydrogen) atoms. The maximum absolute atomic E-state index is 11.8. The Morgan fingerprint density at radius 1 is 1.11 bits per heavy atom.